The first-order chi connectivity index (χ1) is 9.69. The van der Waals surface area contributed by atoms with Crippen LogP contribution in [0.25, 0.3) is 0 Å². The van der Waals surface area contributed by atoms with Gasteiger partial charge >= 0.3 is 0 Å². The summed E-state index contributed by atoms with van der Waals surface area (Å²) in [6.07, 6.45) is 1.61. The average Bonchev–Trinajstić information content (AvgIpc) is 2.48. The van der Waals surface area contributed by atoms with Gasteiger partial charge in [0.15, 0.2) is 11.5 Å². The van der Waals surface area contributed by atoms with Crippen molar-refractivity contribution in [2.75, 3.05) is 11.9 Å². The minimum Gasteiger partial charge on any atom is -0.347 e. The lowest BCUT2D eigenvalue weighted by molar-refractivity contribution is 0.0952. The molecule has 0 aliphatic heterocycles. The number of benzene rings is 1. The summed E-state index contributed by atoms with van der Waals surface area (Å²) in [5.74, 6) is 0.306. The predicted molar refractivity (Wildman–Crippen MR) is 82.0 cm³/mol. The molecule has 0 aliphatic rings. The molecule has 1 heterocycles. The van der Waals surface area contributed by atoms with Crippen molar-refractivity contribution >= 4 is 33.3 Å². The van der Waals surface area contributed by atoms with Crippen LogP contribution >= 0.6 is 15.9 Å². The fourth-order valence-electron chi connectivity index (χ4n) is 1.46. The number of nitrogens with zero attached hydrogens (tertiary/aromatic N) is 2. The molecule has 0 atom stereocenters. The second-order valence-corrected chi connectivity index (χ2v) is 4.85. The van der Waals surface area contributed by atoms with Crippen LogP contribution in [0.5, 0.6) is 0 Å². The maximum atomic E-state index is 11.6. The van der Waals surface area contributed by atoms with Crippen molar-refractivity contribution in [1.82, 2.24) is 15.5 Å². The molecule has 0 spiro atoms. The molecule has 5 nitrogen and oxygen atoms in total. The van der Waals surface area contributed by atoms with Crippen molar-refractivity contribution in [3.63, 3.8) is 0 Å². The van der Waals surface area contributed by atoms with Crippen LogP contribution in [0.2, 0.25) is 0 Å². The quantitative estimate of drug-likeness (QED) is 0.826. The molecule has 0 fully saturated rings. The van der Waals surface area contributed by atoms with Crippen LogP contribution in [0.3, 0.4) is 0 Å². The van der Waals surface area contributed by atoms with E-state index in [-0.39, 0.29) is 11.6 Å². The van der Waals surface area contributed by atoms with E-state index in [0.717, 1.165) is 10.2 Å². The summed E-state index contributed by atoms with van der Waals surface area (Å²) < 4.78 is 1.00. The maximum absolute atomic E-state index is 11.6. The van der Waals surface area contributed by atoms with E-state index < -0.39 is 0 Å². The molecular formula is C14H13BrN4O. The third-order valence-electron chi connectivity index (χ3n) is 2.42. The van der Waals surface area contributed by atoms with E-state index in [4.69, 9.17) is 0 Å². The summed E-state index contributed by atoms with van der Waals surface area (Å²) in [4.78, 5) is 11.6. The fourth-order valence-corrected chi connectivity index (χ4v) is 1.72. The van der Waals surface area contributed by atoms with Crippen molar-refractivity contribution in [1.29, 1.82) is 0 Å². The normalized spacial score (nSPS) is 9.85. The Balaban J connectivity index is 2.02. The van der Waals surface area contributed by atoms with E-state index in [2.05, 4.69) is 43.3 Å². The number of hydrogen-bond donors (Lipinski definition) is 2. The van der Waals surface area contributed by atoms with Crippen molar-refractivity contribution in [2.45, 2.75) is 0 Å². The SMILES string of the molecule is C=CCNC(=O)c1ccc(Nc2ccc(Br)cc2)nn1. The minimum absolute atomic E-state index is 0.271. The van der Waals surface area contributed by atoms with Gasteiger partial charge in [-0.05, 0) is 36.4 Å². The first-order valence-electron chi connectivity index (χ1n) is 5.94. The molecule has 6 heteroatoms. The Morgan fingerprint density at radius 3 is 2.55 bits per heavy atom. The monoisotopic (exact) mass is 332 g/mol. The number of carbonyl (C=O) groups excluding carboxylic acids is 1. The molecule has 0 saturated carbocycles. The zero-order chi connectivity index (χ0) is 14.4. The Hall–Kier alpha value is -2.21. The summed E-state index contributed by atoms with van der Waals surface area (Å²) in [7, 11) is 0. The Kier molecular flexibility index (Phi) is 4.84. The summed E-state index contributed by atoms with van der Waals surface area (Å²) in [5.41, 5.74) is 1.17. The topological polar surface area (TPSA) is 66.9 Å². The summed E-state index contributed by atoms with van der Waals surface area (Å²) in [5, 5.41) is 13.6. The van der Waals surface area contributed by atoms with Crippen LogP contribution in [0.15, 0.2) is 53.5 Å². The van der Waals surface area contributed by atoms with E-state index in [0.29, 0.717) is 12.4 Å². The van der Waals surface area contributed by atoms with Gasteiger partial charge in [0, 0.05) is 16.7 Å². The van der Waals surface area contributed by atoms with E-state index >= 15 is 0 Å². The molecule has 20 heavy (non-hydrogen) atoms. The highest BCUT2D eigenvalue weighted by Gasteiger charge is 2.06. The van der Waals surface area contributed by atoms with Crippen LogP contribution in [0.1, 0.15) is 10.5 Å². The molecule has 0 saturated heterocycles. The van der Waals surface area contributed by atoms with Crippen molar-refractivity contribution < 1.29 is 4.79 Å². The van der Waals surface area contributed by atoms with Crippen LogP contribution in [-0.4, -0.2) is 22.6 Å². The van der Waals surface area contributed by atoms with Crippen molar-refractivity contribution in [2.24, 2.45) is 0 Å². The van der Waals surface area contributed by atoms with E-state index in [9.17, 15) is 4.79 Å². The second-order valence-electron chi connectivity index (χ2n) is 3.93. The van der Waals surface area contributed by atoms with Crippen molar-refractivity contribution in [3.05, 3.63) is 59.2 Å². The van der Waals surface area contributed by atoms with Gasteiger partial charge in [0.25, 0.3) is 5.91 Å². The maximum Gasteiger partial charge on any atom is 0.272 e. The fraction of sp³-hybridized carbons (Fsp3) is 0.0714. The van der Waals surface area contributed by atoms with Crippen LogP contribution < -0.4 is 10.6 Å². The number of halogens is 1. The third kappa shape index (κ3) is 3.89. The molecular weight excluding hydrogens is 320 g/mol. The van der Waals surface area contributed by atoms with Crippen LogP contribution in [-0.2, 0) is 0 Å². The number of rotatable bonds is 5. The summed E-state index contributed by atoms with van der Waals surface area (Å²) in [6.45, 7) is 3.93. The third-order valence-corrected chi connectivity index (χ3v) is 2.95. The van der Waals surface area contributed by atoms with Crippen LogP contribution in [0, 0.1) is 0 Å². The Bertz CT molecular complexity index is 596. The number of anilines is 2. The van der Waals surface area contributed by atoms with Gasteiger partial charge in [-0.15, -0.1) is 16.8 Å². The standard InChI is InChI=1S/C14H13BrN4O/c1-2-9-16-14(20)12-7-8-13(19-18-12)17-11-5-3-10(15)4-6-11/h2-8H,1,9H2,(H,16,20)(H,17,19). The highest BCUT2D eigenvalue weighted by atomic mass is 79.9. The van der Waals surface area contributed by atoms with Gasteiger partial charge in [-0.3, -0.25) is 4.79 Å². The van der Waals surface area contributed by atoms with Gasteiger partial charge in [-0.1, -0.05) is 22.0 Å². The highest BCUT2D eigenvalue weighted by molar-refractivity contribution is 9.10. The molecule has 0 radical (unpaired) electrons. The lowest BCUT2D eigenvalue weighted by Crippen LogP contribution is -2.24. The molecule has 1 amide bonds. The molecule has 2 N–H and O–H groups in total. The smallest absolute Gasteiger partial charge is 0.272 e. The summed E-state index contributed by atoms with van der Waals surface area (Å²) in [6, 6.07) is 11.0. The first-order valence-corrected chi connectivity index (χ1v) is 6.74. The Morgan fingerprint density at radius 1 is 1.20 bits per heavy atom. The van der Waals surface area contributed by atoms with Gasteiger partial charge in [0.1, 0.15) is 0 Å². The average molecular weight is 333 g/mol. The molecule has 1 aromatic carbocycles. The molecule has 2 aromatic rings. The molecule has 2 rings (SSSR count). The van der Waals surface area contributed by atoms with E-state index in [1.54, 1.807) is 18.2 Å². The number of carbonyl (C=O) groups is 1. The number of amides is 1. The molecule has 102 valence electrons. The molecule has 1 aromatic heterocycles. The van der Waals surface area contributed by atoms with Gasteiger partial charge in [-0.2, -0.15) is 0 Å². The number of hydrogen-bond acceptors (Lipinski definition) is 4. The zero-order valence-corrected chi connectivity index (χ0v) is 12.2. The number of aromatic nitrogens is 2. The van der Waals surface area contributed by atoms with Gasteiger partial charge in [0.05, 0.1) is 0 Å². The Labute approximate surface area is 125 Å². The highest BCUT2D eigenvalue weighted by Crippen LogP contribution is 2.17. The number of nitrogens with one attached hydrogen (secondary N) is 2. The minimum atomic E-state index is -0.271. The Morgan fingerprint density at radius 2 is 1.95 bits per heavy atom. The zero-order valence-electron chi connectivity index (χ0n) is 10.6. The molecule has 0 unspecified atom stereocenters. The summed E-state index contributed by atoms with van der Waals surface area (Å²) >= 11 is 3.37. The van der Waals surface area contributed by atoms with Gasteiger partial charge in [0.2, 0.25) is 0 Å². The van der Waals surface area contributed by atoms with Crippen molar-refractivity contribution in [3.8, 4) is 0 Å². The molecule has 0 bridgehead atoms. The first kappa shape index (κ1) is 14.2. The lowest BCUT2D eigenvalue weighted by Gasteiger charge is -2.05. The largest absolute Gasteiger partial charge is 0.347 e. The van der Waals surface area contributed by atoms with Gasteiger partial charge in [-0.25, -0.2) is 0 Å². The van der Waals surface area contributed by atoms with E-state index in [1.165, 1.54) is 0 Å². The second kappa shape index (κ2) is 6.81. The molecule has 0 aliphatic carbocycles. The lowest BCUT2D eigenvalue weighted by atomic mass is 10.3. The van der Waals surface area contributed by atoms with Gasteiger partial charge < -0.3 is 10.6 Å². The van der Waals surface area contributed by atoms with E-state index in [1.807, 2.05) is 24.3 Å². The van der Waals surface area contributed by atoms with Crippen LogP contribution in [0.4, 0.5) is 11.5 Å². The predicted octanol–water partition coefficient (Wildman–Crippen LogP) is 2.90.